The number of fused-ring (bicyclic) bond motifs is 1. The Hall–Kier alpha value is -0.0800. The minimum absolute atomic E-state index is 0.149. The Kier molecular flexibility index (Phi) is 2.61. The number of hydrogen-bond donors (Lipinski definition) is 2. The average molecular weight is 184 g/mol. The highest BCUT2D eigenvalue weighted by atomic mass is 16.3. The van der Waals surface area contributed by atoms with Crippen molar-refractivity contribution in [3.05, 3.63) is 0 Å². The van der Waals surface area contributed by atoms with E-state index in [9.17, 15) is 10.2 Å². The van der Waals surface area contributed by atoms with Crippen molar-refractivity contribution in [3.63, 3.8) is 0 Å². The lowest BCUT2D eigenvalue weighted by Crippen LogP contribution is -2.46. The number of aliphatic hydroxyl groups is 2. The molecule has 0 aromatic carbocycles. The smallest absolute Gasteiger partial charge is 0.0598 e. The fourth-order valence-electron chi connectivity index (χ4n) is 3.21. The summed E-state index contributed by atoms with van der Waals surface area (Å²) in [5.41, 5.74) is 0. The summed E-state index contributed by atoms with van der Waals surface area (Å²) >= 11 is 0. The van der Waals surface area contributed by atoms with Gasteiger partial charge in [-0.3, -0.25) is 0 Å². The van der Waals surface area contributed by atoms with Crippen LogP contribution in [0.5, 0.6) is 0 Å². The Bertz CT molecular complexity index is 181. The van der Waals surface area contributed by atoms with E-state index >= 15 is 0 Å². The van der Waals surface area contributed by atoms with Crippen molar-refractivity contribution in [1.82, 2.24) is 0 Å². The Labute approximate surface area is 80.0 Å². The summed E-state index contributed by atoms with van der Waals surface area (Å²) in [6, 6.07) is 0. The molecule has 0 amide bonds. The molecule has 13 heavy (non-hydrogen) atoms. The maximum absolute atomic E-state index is 9.98. The zero-order valence-electron chi connectivity index (χ0n) is 8.32. The van der Waals surface area contributed by atoms with Gasteiger partial charge in [0.25, 0.3) is 0 Å². The van der Waals surface area contributed by atoms with Crippen LogP contribution in [0.4, 0.5) is 0 Å². The predicted octanol–water partition coefficient (Wildman–Crippen LogP) is 1.55. The van der Waals surface area contributed by atoms with Gasteiger partial charge >= 0.3 is 0 Å². The van der Waals surface area contributed by atoms with E-state index in [-0.39, 0.29) is 18.1 Å². The Morgan fingerprint density at radius 2 is 1.62 bits per heavy atom. The molecule has 2 saturated carbocycles. The second-order valence-corrected chi connectivity index (χ2v) is 4.88. The van der Waals surface area contributed by atoms with E-state index in [0.717, 1.165) is 19.3 Å². The Morgan fingerprint density at radius 1 is 1.00 bits per heavy atom. The van der Waals surface area contributed by atoms with Gasteiger partial charge in [-0.15, -0.1) is 0 Å². The van der Waals surface area contributed by atoms with Crippen LogP contribution in [0.25, 0.3) is 0 Å². The van der Waals surface area contributed by atoms with E-state index in [1.165, 1.54) is 12.8 Å². The summed E-state index contributed by atoms with van der Waals surface area (Å²) in [5.74, 6) is 1.06. The van der Waals surface area contributed by atoms with E-state index in [2.05, 4.69) is 6.92 Å². The normalized spacial score (nSPS) is 51.5. The standard InChI is InChI=1S/C11H20O2/c1-7-6-10(12)8-4-2-3-5-9(8)11(7)13/h7-13H,2-6H2,1H3/t7?,8-,9-,10-,11+/m0/s1. The molecule has 0 radical (unpaired) electrons. The van der Waals surface area contributed by atoms with E-state index in [0.29, 0.717) is 11.8 Å². The summed E-state index contributed by atoms with van der Waals surface area (Å²) in [6.45, 7) is 2.05. The topological polar surface area (TPSA) is 40.5 Å². The summed E-state index contributed by atoms with van der Waals surface area (Å²) in [5, 5.41) is 19.9. The zero-order chi connectivity index (χ0) is 9.42. The minimum atomic E-state index is -0.159. The first kappa shape index (κ1) is 9.47. The molecule has 0 spiro atoms. The van der Waals surface area contributed by atoms with Gasteiger partial charge in [0.15, 0.2) is 0 Å². The molecule has 2 nitrogen and oxygen atoms in total. The Morgan fingerprint density at radius 3 is 2.31 bits per heavy atom. The first-order chi connectivity index (χ1) is 6.20. The minimum Gasteiger partial charge on any atom is -0.393 e. The van der Waals surface area contributed by atoms with Gasteiger partial charge in [0.05, 0.1) is 12.2 Å². The Balaban J connectivity index is 2.10. The van der Waals surface area contributed by atoms with Crippen LogP contribution in [0.15, 0.2) is 0 Å². The van der Waals surface area contributed by atoms with Crippen molar-refractivity contribution in [3.8, 4) is 0 Å². The lowest BCUT2D eigenvalue weighted by Gasteiger charge is -2.45. The third-order valence-electron chi connectivity index (χ3n) is 4.00. The molecule has 76 valence electrons. The molecule has 0 bridgehead atoms. The van der Waals surface area contributed by atoms with Crippen molar-refractivity contribution in [1.29, 1.82) is 0 Å². The highest BCUT2D eigenvalue weighted by Gasteiger charge is 2.42. The quantitative estimate of drug-likeness (QED) is 0.599. The molecule has 2 heteroatoms. The SMILES string of the molecule is CC1C[C@H](O)[C@H]2CCCC[C@@H]2[C@@H]1O. The molecule has 1 unspecified atom stereocenters. The number of rotatable bonds is 0. The predicted molar refractivity (Wildman–Crippen MR) is 51.2 cm³/mol. The van der Waals surface area contributed by atoms with Crippen LogP contribution < -0.4 is 0 Å². The average Bonchev–Trinajstić information content (AvgIpc) is 2.15. The van der Waals surface area contributed by atoms with Crippen molar-refractivity contribution in [2.75, 3.05) is 0 Å². The van der Waals surface area contributed by atoms with Gasteiger partial charge in [-0.05, 0) is 37.0 Å². The molecule has 0 saturated heterocycles. The largest absolute Gasteiger partial charge is 0.393 e. The third kappa shape index (κ3) is 1.62. The monoisotopic (exact) mass is 184 g/mol. The first-order valence-electron chi connectivity index (χ1n) is 5.56. The van der Waals surface area contributed by atoms with Crippen LogP contribution in [0, 0.1) is 17.8 Å². The van der Waals surface area contributed by atoms with Crippen LogP contribution in [0.3, 0.4) is 0 Å². The fourth-order valence-corrected chi connectivity index (χ4v) is 3.21. The molecule has 0 heterocycles. The second-order valence-electron chi connectivity index (χ2n) is 4.88. The number of aliphatic hydroxyl groups excluding tert-OH is 2. The van der Waals surface area contributed by atoms with Crippen molar-refractivity contribution >= 4 is 0 Å². The molecule has 2 aliphatic carbocycles. The zero-order valence-corrected chi connectivity index (χ0v) is 8.32. The molecular weight excluding hydrogens is 164 g/mol. The maximum Gasteiger partial charge on any atom is 0.0598 e. The molecule has 0 aliphatic heterocycles. The van der Waals surface area contributed by atoms with Gasteiger partial charge in [-0.25, -0.2) is 0 Å². The summed E-state index contributed by atoms with van der Waals surface area (Å²) in [4.78, 5) is 0. The van der Waals surface area contributed by atoms with Crippen molar-refractivity contribution in [2.45, 2.75) is 51.2 Å². The number of hydrogen-bond acceptors (Lipinski definition) is 2. The van der Waals surface area contributed by atoms with Crippen LogP contribution in [-0.4, -0.2) is 22.4 Å². The van der Waals surface area contributed by atoms with E-state index in [1.807, 2.05) is 0 Å². The van der Waals surface area contributed by atoms with Gasteiger partial charge in [-0.1, -0.05) is 19.8 Å². The molecule has 2 fully saturated rings. The van der Waals surface area contributed by atoms with Crippen molar-refractivity contribution in [2.24, 2.45) is 17.8 Å². The molecule has 0 aromatic heterocycles. The molecule has 2 N–H and O–H groups in total. The summed E-state index contributed by atoms with van der Waals surface area (Å²) < 4.78 is 0. The van der Waals surface area contributed by atoms with Gasteiger partial charge in [0.2, 0.25) is 0 Å². The van der Waals surface area contributed by atoms with Gasteiger partial charge in [-0.2, -0.15) is 0 Å². The summed E-state index contributed by atoms with van der Waals surface area (Å²) in [6.07, 6.45) is 5.19. The molecule has 0 aromatic rings. The van der Waals surface area contributed by atoms with Gasteiger partial charge in [0.1, 0.15) is 0 Å². The van der Waals surface area contributed by atoms with Crippen LogP contribution in [-0.2, 0) is 0 Å². The highest BCUT2D eigenvalue weighted by Crippen LogP contribution is 2.42. The second kappa shape index (κ2) is 3.58. The van der Waals surface area contributed by atoms with Gasteiger partial charge in [0, 0.05) is 0 Å². The fraction of sp³-hybridized carbons (Fsp3) is 1.00. The van der Waals surface area contributed by atoms with E-state index < -0.39 is 0 Å². The van der Waals surface area contributed by atoms with Crippen LogP contribution >= 0.6 is 0 Å². The lowest BCUT2D eigenvalue weighted by atomic mass is 9.65. The third-order valence-corrected chi connectivity index (χ3v) is 4.00. The highest BCUT2D eigenvalue weighted by molar-refractivity contribution is 4.92. The van der Waals surface area contributed by atoms with E-state index in [4.69, 9.17) is 0 Å². The maximum atomic E-state index is 9.98. The van der Waals surface area contributed by atoms with Crippen molar-refractivity contribution < 1.29 is 10.2 Å². The molecular formula is C11H20O2. The summed E-state index contributed by atoms with van der Waals surface area (Å²) in [7, 11) is 0. The van der Waals surface area contributed by atoms with Gasteiger partial charge < -0.3 is 10.2 Å². The van der Waals surface area contributed by atoms with Crippen LogP contribution in [0.2, 0.25) is 0 Å². The first-order valence-corrected chi connectivity index (χ1v) is 5.56. The molecule has 2 aliphatic rings. The molecule has 2 rings (SSSR count). The lowest BCUT2D eigenvalue weighted by molar-refractivity contribution is -0.0895. The van der Waals surface area contributed by atoms with E-state index in [1.54, 1.807) is 0 Å². The van der Waals surface area contributed by atoms with Crippen LogP contribution in [0.1, 0.15) is 39.0 Å². The molecule has 5 atom stereocenters.